The maximum Gasteiger partial charge on any atom is 0.175 e. The molecule has 0 aliphatic rings. The lowest BCUT2D eigenvalue weighted by atomic mass is 9.96. The third-order valence-electron chi connectivity index (χ3n) is 4.10. The van der Waals surface area contributed by atoms with Gasteiger partial charge in [0.15, 0.2) is 5.76 Å². The highest BCUT2D eigenvalue weighted by Crippen LogP contribution is 2.42. The summed E-state index contributed by atoms with van der Waals surface area (Å²) >= 11 is 6.29. The van der Waals surface area contributed by atoms with Crippen molar-refractivity contribution < 1.29 is 18.4 Å². The van der Waals surface area contributed by atoms with Crippen LogP contribution in [0, 0.1) is 11.6 Å². The summed E-state index contributed by atoms with van der Waals surface area (Å²) in [6.07, 6.45) is 0. The standard InChI is InChI=1S/C21H12ClF2NO2/c22-18-4-2-1-3-17(18)20-19(13-9-14(23)11-15(24)10-13)21(27-25-20)12-5-7-16(26)8-6-12/h1-11,26H. The number of hydrogen-bond acceptors (Lipinski definition) is 3. The van der Waals surface area contributed by atoms with Crippen LogP contribution in [0.2, 0.25) is 5.02 Å². The number of halogens is 3. The van der Waals surface area contributed by atoms with E-state index in [2.05, 4.69) is 5.16 Å². The number of aromatic hydroxyl groups is 1. The second-order valence-electron chi connectivity index (χ2n) is 5.92. The van der Waals surface area contributed by atoms with Gasteiger partial charge in [0.1, 0.15) is 23.1 Å². The highest BCUT2D eigenvalue weighted by atomic mass is 35.5. The summed E-state index contributed by atoms with van der Waals surface area (Å²) < 4.78 is 33.3. The summed E-state index contributed by atoms with van der Waals surface area (Å²) in [5.74, 6) is -1.03. The fourth-order valence-corrected chi connectivity index (χ4v) is 3.13. The molecule has 0 amide bonds. The molecule has 0 radical (unpaired) electrons. The van der Waals surface area contributed by atoms with Crippen LogP contribution in [-0.4, -0.2) is 10.3 Å². The molecule has 1 heterocycles. The number of nitrogens with zero attached hydrogens (tertiary/aromatic N) is 1. The third-order valence-corrected chi connectivity index (χ3v) is 4.43. The van der Waals surface area contributed by atoms with Gasteiger partial charge in [0.05, 0.1) is 10.6 Å². The molecule has 0 unspecified atom stereocenters. The highest BCUT2D eigenvalue weighted by molar-refractivity contribution is 6.33. The quantitative estimate of drug-likeness (QED) is 0.450. The molecule has 0 saturated carbocycles. The molecule has 3 aromatic carbocycles. The Labute approximate surface area is 158 Å². The van der Waals surface area contributed by atoms with Gasteiger partial charge >= 0.3 is 0 Å². The van der Waals surface area contributed by atoms with E-state index >= 15 is 0 Å². The molecule has 0 atom stereocenters. The number of rotatable bonds is 3. The van der Waals surface area contributed by atoms with E-state index in [9.17, 15) is 13.9 Å². The number of hydrogen-bond donors (Lipinski definition) is 1. The van der Waals surface area contributed by atoms with E-state index in [4.69, 9.17) is 16.1 Å². The van der Waals surface area contributed by atoms with Gasteiger partial charge in [-0.2, -0.15) is 0 Å². The lowest BCUT2D eigenvalue weighted by Gasteiger charge is -2.07. The zero-order valence-corrected chi connectivity index (χ0v) is 14.5. The smallest absolute Gasteiger partial charge is 0.175 e. The monoisotopic (exact) mass is 383 g/mol. The van der Waals surface area contributed by atoms with Gasteiger partial charge in [-0.05, 0) is 48.0 Å². The Morgan fingerprint density at radius 2 is 1.52 bits per heavy atom. The molecule has 6 heteroatoms. The van der Waals surface area contributed by atoms with Gasteiger partial charge in [-0.3, -0.25) is 0 Å². The first-order valence-electron chi connectivity index (χ1n) is 8.03. The van der Waals surface area contributed by atoms with Crippen molar-refractivity contribution in [3.05, 3.63) is 83.4 Å². The second kappa shape index (κ2) is 6.85. The van der Waals surface area contributed by atoms with Crippen LogP contribution in [0.5, 0.6) is 5.75 Å². The molecule has 0 aliphatic carbocycles. The highest BCUT2D eigenvalue weighted by Gasteiger charge is 2.23. The average molecular weight is 384 g/mol. The van der Waals surface area contributed by atoms with E-state index < -0.39 is 11.6 Å². The molecular weight excluding hydrogens is 372 g/mol. The first-order valence-corrected chi connectivity index (χ1v) is 8.41. The maximum absolute atomic E-state index is 13.9. The third kappa shape index (κ3) is 3.29. The molecule has 1 N–H and O–H groups in total. The minimum absolute atomic E-state index is 0.0861. The number of phenols is 1. The molecule has 27 heavy (non-hydrogen) atoms. The van der Waals surface area contributed by atoms with Crippen LogP contribution in [0.25, 0.3) is 33.7 Å². The van der Waals surface area contributed by atoms with E-state index in [0.29, 0.717) is 33.2 Å². The Morgan fingerprint density at radius 1 is 0.852 bits per heavy atom. The van der Waals surface area contributed by atoms with Gasteiger partial charge < -0.3 is 9.63 Å². The van der Waals surface area contributed by atoms with Crippen LogP contribution in [0.3, 0.4) is 0 Å². The largest absolute Gasteiger partial charge is 0.508 e. The Balaban J connectivity index is 2.01. The van der Waals surface area contributed by atoms with E-state index in [-0.39, 0.29) is 11.3 Å². The van der Waals surface area contributed by atoms with E-state index in [1.807, 2.05) is 0 Å². The van der Waals surface area contributed by atoms with Gasteiger partial charge in [0.2, 0.25) is 0 Å². The lowest BCUT2D eigenvalue weighted by Crippen LogP contribution is -1.89. The van der Waals surface area contributed by atoms with E-state index in [1.165, 1.54) is 24.3 Å². The molecular formula is C21H12ClF2NO2. The first kappa shape index (κ1) is 17.2. The lowest BCUT2D eigenvalue weighted by molar-refractivity contribution is 0.435. The molecule has 4 rings (SSSR count). The zero-order valence-electron chi connectivity index (χ0n) is 13.8. The fraction of sp³-hybridized carbons (Fsp3) is 0. The Morgan fingerprint density at radius 3 is 2.19 bits per heavy atom. The van der Waals surface area contributed by atoms with Crippen molar-refractivity contribution >= 4 is 11.6 Å². The van der Waals surface area contributed by atoms with Crippen LogP contribution < -0.4 is 0 Å². The summed E-state index contributed by atoms with van der Waals surface area (Å²) in [5.41, 5.74) is 2.22. The van der Waals surface area contributed by atoms with Crippen molar-refractivity contribution in [3.8, 4) is 39.5 Å². The van der Waals surface area contributed by atoms with Crippen molar-refractivity contribution in [2.75, 3.05) is 0 Å². The molecule has 0 bridgehead atoms. The molecule has 0 saturated heterocycles. The summed E-state index contributed by atoms with van der Waals surface area (Å²) in [5, 5.41) is 14.1. The zero-order chi connectivity index (χ0) is 19.0. The van der Waals surface area contributed by atoms with E-state index in [0.717, 1.165) is 6.07 Å². The van der Waals surface area contributed by atoms with Crippen molar-refractivity contribution in [1.82, 2.24) is 5.16 Å². The van der Waals surface area contributed by atoms with Crippen LogP contribution in [0.15, 0.2) is 71.3 Å². The minimum Gasteiger partial charge on any atom is -0.508 e. The predicted molar refractivity (Wildman–Crippen MR) is 99.4 cm³/mol. The predicted octanol–water partition coefficient (Wildman–Crippen LogP) is 6.31. The second-order valence-corrected chi connectivity index (χ2v) is 6.33. The summed E-state index contributed by atoms with van der Waals surface area (Å²) in [7, 11) is 0. The fourth-order valence-electron chi connectivity index (χ4n) is 2.90. The minimum atomic E-state index is -0.715. The molecule has 0 aliphatic heterocycles. The molecule has 3 nitrogen and oxygen atoms in total. The molecule has 0 fully saturated rings. The van der Waals surface area contributed by atoms with Crippen LogP contribution in [0.1, 0.15) is 0 Å². The Hall–Kier alpha value is -3.18. The number of aromatic nitrogens is 1. The van der Waals surface area contributed by atoms with Gasteiger partial charge in [-0.25, -0.2) is 8.78 Å². The van der Waals surface area contributed by atoms with Gasteiger partial charge in [-0.15, -0.1) is 0 Å². The Kier molecular flexibility index (Phi) is 4.38. The molecule has 134 valence electrons. The SMILES string of the molecule is Oc1ccc(-c2onc(-c3ccccc3Cl)c2-c2cc(F)cc(F)c2)cc1. The molecule has 1 aromatic heterocycles. The van der Waals surface area contributed by atoms with Gasteiger partial charge in [0, 0.05) is 17.2 Å². The topological polar surface area (TPSA) is 46.3 Å². The van der Waals surface area contributed by atoms with Crippen LogP contribution >= 0.6 is 11.6 Å². The number of phenolic OH excluding ortho intramolecular Hbond substituents is 1. The van der Waals surface area contributed by atoms with E-state index in [1.54, 1.807) is 36.4 Å². The normalized spacial score (nSPS) is 10.9. The Bertz CT molecular complexity index is 1100. The summed E-state index contributed by atoms with van der Waals surface area (Å²) in [6, 6.07) is 16.5. The summed E-state index contributed by atoms with van der Waals surface area (Å²) in [4.78, 5) is 0. The van der Waals surface area contributed by atoms with Gasteiger partial charge in [0.25, 0.3) is 0 Å². The van der Waals surface area contributed by atoms with Crippen molar-refractivity contribution in [1.29, 1.82) is 0 Å². The van der Waals surface area contributed by atoms with Crippen molar-refractivity contribution in [2.45, 2.75) is 0 Å². The van der Waals surface area contributed by atoms with Crippen molar-refractivity contribution in [2.24, 2.45) is 0 Å². The first-order chi connectivity index (χ1) is 13.0. The average Bonchev–Trinajstić information content (AvgIpc) is 3.07. The summed E-state index contributed by atoms with van der Waals surface area (Å²) in [6.45, 7) is 0. The maximum atomic E-state index is 13.9. The van der Waals surface area contributed by atoms with Crippen LogP contribution in [-0.2, 0) is 0 Å². The molecule has 4 aromatic rings. The van der Waals surface area contributed by atoms with Crippen LogP contribution in [0.4, 0.5) is 8.78 Å². The molecule has 0 spiro atoms. The number of benzene rings is 3. The van der Waals surface area contributed by atoms with Crippen molar-refractivity contribution in [3.63, 3.8) is 0 Å². The van der Waals surface area contributed by atoms with Gasteiger partial charge in [-0.1, -0.05) is 35.0 Å².